The molecule has 0 radical (unpaired) electrons. The molecule has 0 bridgehead atoms. The van der Waals surface area contributed by atoms with E-state index in [4.69, 9.17) is 22.1 Å². The number of carbonyl (C=O) groups is 1. The number of fused-ring (bicyclic) bond motifs is 1. The van der Waals surface area contributed by atoms with Crippen molar-refractivity contribution >= 4 is 34.4 Å². The van der Waals surface area contributed by atoms with Crippen molar-refractivity contribution < 1.29 is 9.53 Å². The average molecular weight is 400 g/mol. The second-order valence-electron chi connectivity index (χ2n) is 6.60. The Labute approximate surface area is 168 Å². The first kappa shape index (κ1) is 19.7. The fraction of sp³-hybridized carbons (Fsp3) is 0.200. The minimum absolute atomic E-state index is 0.0384. The van der Waals surface area contributed by atoms with Crippen molar-refractivity contribution in [2.75, 3.05) is 21.1 Å². The Morgan fingerprint density at radius 2 is 1.93 bits per heavy atom. The van der Waals surface area contributed by atoms with Gasteiger partial charge in [-0.15, -0.1) is 0 Å². The van der Waals surface area contributed by atoms with Crippen LogP contribution in [0, 0.1) is 0 Å². The highest BCUT2D eigenvalue weighted by molar-refractivity contribution is 6.35. The lowest BCUT2D eigenvalue weighted by Gasteiger charge is -2.11. The fourth-order valence-electron chi connectivity index (χ4n) is 2.75. The number of aromatic nitrogens is 1. The minimum atomic E-state index is -0.394. The first-order valence-corrected chi connectivity index (χ1v) is 9.01. The van der Waals surface area contributed by atoms with Gasteiger partial charge in [-0.1, -0.05) is 23.7 Å². The summed E-state index contributed by atoms with van der Waals surface area (Å²) in [7, 11) is 5.54. The maximum absolute atomic E-state index is 12.2. The highest BCUT2D eigenvalue weighted by Gasteiger charge is 2.13. The monoisotopic (exact) mass is 399 g/mol. The van der Waals surface area contributed by atoms with Crippen molar-refractivity contribution in [1.29, 1.82) is 0 Å². The molecule has 0 unspecified atom stereocenters. The molecule has 3 rings (SSSR count). The number of aliphatic imine (C=N–C) groups is 1. The number of aromatic amines is 1. The minimum Gasteiger partial charge on any atom is -0.457 e. The zero-order valence-corrected chi connectivity index (χ0v) is 16.7. The third-order valence-corrected chi connectivity index (χ3v) is 4.36. The fourth-order valence-corrected chi connectivity index (χ4v) is 3.02. The third-order valence-electron chi connectivity index (χ3n) is 4.05. The van der Waals surface area contributed by atoms with Gasteiger partial charge in [-0.05, 0) is 37.9 Å². The van der Waals surface area contributed by atoms with E-state index in [9.17, 15) is 4.79 Å². The van der Waals surface area contributed by atoms with Gasteiger partial charge in [0.1, 0.15) is 17.2 Å². The first-order chi connectivity index (χ1) is 13.4. The Hall–Kier alpha value is -3.03. The summed E-state index contributed by atoms with van der Waals surface area (Å²) in [5, 5.41) is 3.67. The molecular weight excluding hydrogens is 378 g/mol. The molecule has 0 aliphatic carbocycles. The molecule has 0 atom stereocenters. The molecule has 146 valence electrons. The van der Waals surface area contributed by atoms with Crippen LogP contribution in [-0.2, 0) is 6.54 Å². The molecule has 8 heteroatoms. The van der Waals surface area contributed by atoms with Gasteiger partial charge in [0.25, 0.3) is 5.91 Å². The lowest BCUT2D eigenvalue weighted by atomic mass is 10.2. The number of nitrogens with two attached hydrogens (primary N) is 1. The number of guanidine groups is 1. The number of ether oxygens (including phenoxy) is 1. The Bertz CT molecular complexity index is 1030. The second kappa shape index (κ2) is 8.33. The highest BCUT2D eigenvalue weighted by atomic mass is 35.5. The number of carbonyl (C=O) groups excluding carboxylic acids is 1. The van der Waals surface area contributed by atoms with Gasteiger partial charge in [0.2, 0.25) is 0 Å². The van der Waals surface area contributed by atoms with E-state index < -0.39 is 5.91 Å². The van der Waals surface area contributed by atoms with Crippen LogP contribution in [0.5, 0.6) is 11.5 Å². The molecule has 0 saturated carbocycles. The third kappa shape index (κ3) is 4.62. The lowest BCUT2D eigenvalue weighted by Crippen LogP contribution is -2.36. The van der Waals surface area contributed by atoms with Crippen LogP contribution in [0.1, 0.15) is 16.1 Å². The summed E-state index contributed by atoms with van der Waals surface area (Å²) in [5.41, 5.74) is 7.74. The molecule has 2 aromatic carbocycles. The number of nitrogens with zero attached hydrogens (tertiary/aromatic N) is 2. The van der Waals surface area contributed by atoms with E-state index in [0.29, 0.717) is 33.1 Å². The predicted molar refractivity (Wildman–Crippen MR) is 112 cm³/mol. The maximum atomic E-state index is 12.2. The normalized spacial score (nSPS) is 11.8. The van der Waals surface area contributed by atoms with E-state index in [2.05, 4.69) is 20.2 Å². The molecule has 4 N–H and O–H groups in total. The summed E-state index contributed by atoms with van der Waals surface area (Å²) in [6.07, 6.45) is 0. The van der Waals surface area contributed by atoms with Crippen LogP contribution in [0.4, 0.5) is 0 Å². The number of halogens is 1. The van der Waals surface area contributed by atoms with Gasteiger partial charge >= 0.3 is 0 Å². The Morgan fingerprint density at radius 1 is 1.21 bits per heavy atom. The van der Waals surface area contributed by atoms with Gasteiger partial charge in [-0.3, -0.25) is 15.1 Å². The summed E-state index contributed by atoms with van der Waals surface area (Å²) in [4.78, 5) is 21.0. The van der Waals surface area contributed by atoms with Crippen LogP contribution in [0.15, 0.2) is 47.5 Å². The Morgan fingerprint density at radius 3 is 2.57 bits per heavy atom. The van der Waals surface area contributed by atoms with E-state index in [-0.39, 0.29) is 5.96 Å². The van der Waals surface area contributed by atoms with Gasteiger partial charge < -0.3 is 20.4 Å². The molecule has 3 aromatic rings. The number of benzene rings is 2. The smallest absolute Gasteiger partial charge is 0.274 e. The maximum Gasteiger partial charge on any atom is 0.274 e. The zero-order valence-electron chi connectivity index (χ0n) is 15.9. The largest absolute Gasteiger partial charge is 0.457 e. The average Bonchev–Trinajstić information content (AvgIpc) is 3.08. The number of rotatable bonds is 5. The Kier molecular flexibility index (Phi) is 5.87. The summed E-state index contributed by atoms with van der Waals surface area (Å²) >= 11 is 6.38. The molecule has 0 spiro atoms. The van der Waals surface area contributed by atoms with Gasteiger partial charge in [0.05, 0.1) is 10.5 Å². The van der Waals surface area contributed by atoms with E-state index in [0.717, 1.165) is 6.54 Å². The predicted octanol–water partition coefficient (Wildman–Crippen LogP) is 3.35. The van der Waals surface area contributed by atoms with Crippen molar-refractivity contribution in [3.8, 4) is 11.5 Å². The van der Waals surface area contributed by atoms with Crippen molar-refractivity contribution in [2.24, 2.45) is 10.7 Å². The van der Waals surface area contributed by atoms with Gasteiger partial charge in [-0.2, -0.15) is 0 Å². The quantitative estimate of drug-likeness (QED) is 0.453. The summed E-state index contributed by atoms with van der Waals surface area (Å²) in [5.74, 6) is 0.918. The molecular formula is C20H22ClN5O2. The molecule has 7 nitrogen and oxygen atoms in total. The number of H-pyrrole nitrogens is 1. The Balaban J connectivity index is 1.82. The second-order valence-corrected chi connectivity index (χ2v) is 7.00. The molecule has 28 heavy (non-hydrogen) atoms. The van der Waals surface area contributed by atoms with Crippen molar-refractivity contribution in [1.82, 2.24) is 15.2 Å². The van der Waals surface area contributed by atoms with E-state index in [1.54, 1.807) is 18.2 Å². The summed E-state index contributed by atoms with van der Waals surface area (Å²) < 4.78 is 5.92. The van der Waals surface area contributed by atoms with Gasteiger partial charge in [0, 0.05) is 31.1 Å². The lowest BCUT2D eigenvalue weighted by molar-refractivity contribution is 0.0972. The topological polar surface area (TPSA) is 95.7 Å². The number of nitrogens with one attached hydrogen (secondary N) is 2. The van der Waals surface area contributed by atoms with Crippen LogP contribution in [-0.4, -0.2) is 42.9 Å². The molecule has 0 aliphatic rings. The molecule has 1 aromatic heterocycles. The number of hydrogen-bond acceptors (Lipinski definition) is 4. The standard InChI is InChI=1S/C20H22ClN5O2/c1-23-20(22)25-19(27)18-10-15-16(21)8-14(9-17(15)24-18)28-13-6-4-12(5-7-13)11-26(2)3/h4-10,24H,11H2,1-3H3,(H3,22,23,25,27). The van der Waals surface area contributed by atoms with Gasteiger partial charge in [0.15, 0.2) is 5.96 Å². The zero-order chi connectivity index (χ0) is 20.3. The molecule has 0 aliphatic heterocycles. The van der Waals surface area contributed by atoms with Crippen molar-refractivity contribution in [3.63, 3.8) is 0 Å². The van der Waals surface area contributed by atoms with Crippen LogP contribution < -0.4 is 15.8 Å². The molecule has 1 heterocycles. The first-order valence-electron chi connectivity index (χ1n) is 8.63. The van der Waals surface area contributed by atoms with Gasteiger partial charge in [-0.25, -0.2) is 0 Å². The molecule has 0 saturated heterocycles. The van der Waals surface area contributed by atoms with Crippen LogP contribution in [0.3, 0.4) is 0 Å². The van der Waals surface area contributed by atoms with E-state index in [1.165, 1.54) is 12.6 Å². The summed E-state index contributed by atoms with van der Waals surface area (Å²) in [6, 6.07) is 13.0. The highest BCUT2D eigenvalue weighted by Crippen LogP contribution is 2.32. The SMILES string of the molecule is CN=C(N)NC(=O)c1cc2c(Cl)cc(Oc3ccc(CN(C)C)cc3)cc2[nH]1. The van der Waals surface area contributed by atoms with Crippen LogP contribution in [0.25, 0.3) is 10.9 Å². The molecule has 1 amide bonds. The van der Waals surface area contributed by atoms with Crippen molar-refractivity contribution in [2.45, 2.75) is 6.54 Å². The number of hydrogen-bond donors (Lipinski definition) is 3. The summed E-state index contributed by atoms with van der Waals surface area (Å²) in [6.45, 7) is 0.860. The van der Waals surface area contributed by atoms with Crippen LogP contribution >= 0.6 is 11.6 Å². The van der Waals surface area contributed by atoms with E-state index >= 15 is 0 Å². The molecule has 0 fully saturated rings. The number of amides is 1. The van der Waals surface area contributed by atoms with Crippen LogP contribution in [0.2, 0.25) is 5.02 Å². The van der Waals surface area contributed by atoms with E-state index in [1.807, 2.05) is 38.4 Å². The van der Waals surface area contributed by atoms with Crippen molar-refractivity contribution in [3.05, 3.63) is 58.7 Å².